The number of amides is 1. The van der Waals surface area contributed by atoms with Crippen molar-refractivity contribution in [3.8, 4) is 17.0 Å². The Morgan fingerprint density at radius 3 is 2.52 bits per heavy atom. The molecule has 2 rings (SSSR count). The molecule has 0 aliphatic rings. The SMILES string of the molecule is CCC(C)C(NC(=O)Cn1cc(-c2ccc(OC)cc2)ncc1=O)C(=O)O. The van der Waals surface area contributed by atoms with Crippen molar-refractivity contribution in [1.82, 2.24) is 14.9 Å². The van der Waals surface area contributed by atoms with Crippen LogP contribution in [-0.2, 0) is 16.1 Å². The highest BCUT2D eigenvalue weighted by Gasteiger charge is 2.25. The van der Waals surface area contributed by atoms with Gasteiger partial charge in [-0.2, -0.15) is 0 Å². The number of carbonyl (C=O) groups is 2. The third-order valence-corrected chi connectivity index (χ3v) is 4.37. The van der Waals surface area contributed by atoms with E-state index in [2.05, 4.69) is 10.3 Å². The Morgan fingerprint density at radius 2 is 1.96 bits per heavy atom. The smallest absolute Gasteiger partial charge is 0.326 e. The van der Waals surface area contributed by atoms with Gasteiger partial charge in [0.05, 0.1) is 19.0 Å². The predicted octanol–water partition coefficient (Wildman–Crippen LogP) is 1.53. The van der Waals surface area contributed by atoms with Crippen molar-refractivity contribution in [2.75, 3.05) is 7.11 Å². The van der Waals surface area contributed by atoms with E-state index >= 15 is 0 Å². The van der Waals surface area contributed by atoms with Crippen LogP contribution >= 0.6 is 0 Å². The minimum Gasteiger partial charge on any atom is -0.497 e. The maximum absolute atomic E-state index is 12.3. The van der Waals surface area contributed by atoms with E-state index in [9.17, 15) is 19.5 Å². The number of nitrogens with one attached hydrogen (secondary N) is 1. The first-order valence-corrected chi connectivity index (χ1v) is 8.58. The first-order valence-electron chi connectivity index (χ1n) is 8.58. The summed E-state index contributed by atoms with van der Waals surface area (Å²) in [4.78, 5) is 39.7. The summed E-state index contributed by atoms with van der Waals surface area (Å²) in [5, 5.41) is 11.8. The maximum atomic E-state index is 12.3. The lowest BCUT2D eigenvalue weighted by atomic mass is 9.99. The summed E-state index contributed by atoms with van der Waals surface area (Å²) >= 11 is 0. The third kappa shape index (κ3) is 5.16. The molecule has 0 bridgehead atoms. The van der Waals surface area contributed by atoms with Crippen molar-refractivity contribution < 1.29 is 19.4 Å². The molecule has 0 saturated carbocycles. The van der Waals surface area contributed by atoms with E-state index in [0.29, 0.717) is 17.9 Å². The molecule has 0 radical (unpaired) electrons. The lowest BCUT2D eigenvalue weighted by molar-refractivity contribution is -0.143. The molecule has 2 N–H and O–H groups in total. The summed E-state index contributed by atoms with van der Waals surface area (Å²) in [6.45, 7) is 3.31. The Labute approximate surface area is 156 Å². The molecule has 1 aromatic heterocycles. The molecule has 1 aromatic carbocycles. The number of carboxylic acid groups (broad SMARTS) is 1. The van der Waals surface area contributed by atoms with E-state index in [1.165, 1.54) is 10.8 Å². The van der Waals surface area contributed by atoms with Gasteiger partial charge in [0, 0.05) is 11.8 Å². The van der Waals surface area contributed by atoms with Gasteiger partial charge >= 0.3 is 5.97 Å². The van der Waals surface area contributed by atoms with Gasteiger partial charge < -0.3 is 19.7 Å². The van der Waals surface area contributed by atoms with Crippen LogP contribution in [0.1, 0.15) is 20.3 Å². The van der Waals surface area contributed by atoms with Crippen LogP contribution in [0.15, 0.2) is 41.5 Å². The zero-order valence-corrected chi connectivity index (χ0v) is 15.5. The fraction of sp³-hybridized carbons (Fsp3) is 0.368. The van der Waals surface area contributed by atoms with Gasteiger partial charge in [-0.1, -0.05) is 20.3 Å². The average Bonchev–Trinajstić information content (AvgIpc) is 2.67. The Morgan fingerprint density at radius 1 is 1.30 bits per heavy atom. The number of ether oxygens (including phenoxy) is 1. The zero-order chi connectivity index (χ0) is 20.0. The second-order valence-corrected chi connectivity index (χ2v) is 6.24. The second kappa shape index (κ2) is 8.98. The van der Waals surface area contributed by atoms with Crippen molar-refractivity contribution in [3.05, 3.63) is 47.0 Å². The molecule has 8 heteroatoms. The Hall–Kier alpha value is -3.16. The quantitative estimate of drug-likeness (QED) is 0.726. The number of rotatable bonds is 8. The molecule has 1 amide bonds. The molecule has 144 valence electrons. The number of aromatic nitrogens is 2. The van der Waals surface area contributed by atoms with Crippen molar-refractivity contribution >= 4 is 11.9 Å². The van der Waals surface area contributed by atoms with Gasteiger partial charge in [-0.05, 0) is 30.2 Å². The Kier molecular flexibility index (Phi) is 6.70. The van der Waals surface area contributed by atoms with Crippen LogP contribution in [0.2, 0.25) is 0 Å². The highest BCUT2D eigenvalue weighted by atomic mass is 16.5. The number of nitrogens with zero attached hydrogens (tertiary/aromatic N) is 2. The lowest BCUT2D eigenvalue weighted by Gasteiger charge is -2.20. The van der Waals surface area contributed by atoms with Crippen LogP contribution in [0.25, 0.3) is 11.3 Å². The molecule has 0 aliphatic heterocycles. The molecule has 0 fully saturated rings. The van der Waals surface area contributed by atoms with Crippen LogP contribution in [0.3, 0.4) is 0 Å². The Bertz CT molecular complexity index is 860. The van der Waals surface area contributed by atoms with Gasteiger partial charge in [0.2, 0.25) is 5.91 Å². The topological polar surface area (TPSA) is 111 Å². The second-order valence-electron chi connectivity index (χ2n) is 6.24. The lowest BCUT2D eigenvalue weighted by Crippen LogP contribution is -2.46. The van der Waals surface area contributed by atoms with E-state index < -0.39 is 23.5 Å². The largest absolute Gasteiger partial charge is 0.497 e. The number of methoxy groups -OCH3 is 1. The number of hydrogen-bond acceptors (Lipinski definition) is 5. The number of carboxylic acids is 1. The molecule has 1 heterocycles. The van der Waals surface area contributed by atoms with Gasteiger partial charge in [-0.25, -0.2) is 9.78 Å². The molecule has 8 nitrogen and oxygen atoms in total. The monoisotopic (exact) mass is 373 g/mol. The number of aliphatic carboxylic acids is 1. The van der Waals surface area contributed by atoms with Gasteiger partial charge in [0.15, 0.2) is 0 Å². The molecule has 0 aliphatic carbocycles. The van der Waals surface area contributed by atoms with Crippen molar-refractivity contribution in [3.63, 3.8) is 0 Å². The molecule has 27 heavy (non-hydrogen) atoms. The summed E-state index contributed by atoms with van der Waals surface area (Å²) in [6.07, 6.45) is 3.22. The third-order valence-electron chi connectivity index (χ3n) is 4.37. The van der Waals surface area contributed by atoms with Crippen molar-refractivity contribution in [2.45, 2.75) is 32.9 Å². The normalized spacial score (nSPS) is 12.9. The number of carbonyl (C=O) groups excluding carboxylic acids is 1. The highest BCUT2D eigenvalue weighted by Crippen LogP contribution is 2.19. The van der Waals surface area contributed by atoms with Gasteiger partial charge in [0.1, 0.15) is 18.3 Å². The van der Waals surface area contributed by atoms with Crippen LogP contribution in [0.4, 0.5) is 0 Å². The van der Waals surface area contributed by atoms with Crippen molar-refractivity contribution in [2.24, 2.45) is 5.92 Å². The van der Waals surface area contributed by atoms with Crippen molar-refractivity contribution in [1.29, 1.82) is 0 Å². The highest BCUT2D eigenvalue weighted by molar-refractivity contribution is 5.83. The summed E-state index contributed by atoms with van der Waals surface area (Å²) < 4.78 is 6.31. The summed E-state index contributed by atoms with van der Waals surface area (Å²) in [7, 11) is 1.57. The molecule has 0 saturated heterocycles. The fourth-order valence-electron chi connectivity index (χ4n) is 2.53. The average molecular weight is 373 g/mol. The number of benzene rings is 1. The van der Waals surface area contributed by atoms with E-state index in [-0.39, 0.29) is 12.5 Å². The van der Waals surface area contributed by atoms with Gasteiger partial charge in [0.25, 0.3) is 5.56 Å². The molecule has 2 atom stereocenters. The van der Waals surface area contributed by atoms with E-state index in [4.69, 9.17) is 4.74 Å². The maximum Gasteiger partial charge on any atom is 0.326 e. The molecular weight excluding hydrogens is 350 g/mol. The number of hydrogen-bond donors (Lipinski definition) is 2. The molecule has 0 spiro atoms. The summed E-state index contributed by atoms with van der Waals surface area (Å²) in [5.41, 5.74) is 0.826. The minimum atomic E-state index is -1.10. The zero-order valence-electron chi connectivity index (χ0n) is 15.5. The molecular formula is C19H23N3O5. The van der Waals surface area contributed by atoms with Crippen LogP contribution in [0, 0.1) is 5.92 Å². The fourth-order valence-corrected chi connectivity index (χ4v) is 2.53. The van der Waals surface area contributed by atoms with Crippen LogP contribution in [-0.4, -0.2) is 39.7 Å². The van der Waals surface area contributed by atoms with Crippen LogP contribution in [0.5, 0.6) is 5.75 Å². The van der Waals surface area contributed by atoms with E-state index in [1.54, 1.807) is 38.3 Å². The summed E-state index contributed by atoms with van der Waals surface area (Å²) in [6, 6.07) is 6.12. The Balaban J connectivity index is 2.19. The van der Waals surface area contributed by atoms with Gasteiger partial charge in [-0.15, -0.1) is 0 Å². The predicted molar refractivity (Wildman–Crippen MR) is 99.5 cm³/mol. The minimum absolute atomic E-state index is 0.226. The summed E-state index contributed by atoms with van der Waals surface area (Å²) in [5.74, 6) is -1.18. The van der Waals surface area contributed by atoms with E-state index in [0.717, 1.165) is 11.8 Å². The molecule has 2 unspecified atom stereocenters. The first-order chi connectivity index (χ1) is 12.8. The van der Waals surface area contributed by atoms with Gasteiger partial charge in [-0.3, -0.25) is 9.59 Å². The first kappa shape index (κ1) is 20.2. The van der Waals surface area contributed by atoms with E-state index in [1.807, 2.05) is 6.92 Å². The standard InChI is InChI=1S/C19H23N3O5/c1-4-12(2)18(19(25)26)21-16(23)11-22-10-15(20-9-17(22)24)13-5-7-14(27-3)8-6-13/h5-10,12,18H,4,11H2,1-3H3,(H,21,23)(H,25,26). The van der Waals surface area contributed by atoms with Crippen LogP contribution < -0.4 is 15.6 Å². The molecule has 2 aromatic rings.